The maximum atomic E-state index is 12.7. The third-order valence-corrected chi connectivity index (χ3v) is 7.87. The van der Waals surface area contributed by atoms with Crippen LogP contribution in [0.5, 0.6) is 0 Å². The molecule has 0 aliphatic rings. The van der Waals surface area contributed by atoms with Crippen molar-refractivity contribution in [3.05, 3.63) is 82.0 Å². The first-order valence-electron chi connectivity index (χ1n) is 12.3. The van der Waals surface area contributed by atoms with Gasteiger partial charge in [-0.2, -0.15) is 5.26 Å². The van der Waals surface area contributed by atoms with Gasteiger partial charge in [-0.15, -0.1) is 21.5 Å². The molecule has 11 heteroatoms. The second-order valence-corrected chi connectivity index (χ2v) is 10.6. The number of thiophene rings is 1. The van der Waals surface area contributed by atoms with Crippen molar-refractivity contribution in [1.29, 1.82) is 5.26 Å². The molecule has 39 heavy (non-hydrogen) atoms. The Bertz CT molecular complexity index is 1490. The van der Waals surface area contributed by atoms with Crippen LogP contribution in [-0.2, 0) is 16.1 Å². The predicted molar refractivity (Wildman–Crippen MR) is 154 cm³/mol. The molecule has 0 aliphatic heterocycles. The molecule has 200 valence electrons. The van der Waals surface area contributed by atoms with Crippen molar-refractivity contribution in [2.75, 3.05) is 23.0 Å². The highest BCUT2D eigenvalue weighted by Gasteiger charge is 2.22. The number of aromatic nitrogens is 3. The number of ether oxygens (including phenoxy) is 1. The number of nitriles is 1. The van der Waals surface area contributed by atoms with Crippen molar-refractivity contribution < 1.29 is 14.3 Å². The number of esters is 1. The summed E-state index contributed by atoms with van der Waals surface area (Å²) in [7, 11) is 0. The van der Waals surface area contributed by atoms with Gasteiger partial charge in [0.1, 0.15) is 15.9 Å². The van der Waals surface area contributed by atoms with Gasteiger partial charge in [-0.1, -0.05) is 47.7 Å². The lowest BCUT2D eigenvalue weighted by Gasteiger charge is -2.11. The van der Waals surface area contributed by atoms with E-state index in [0.717, 1.165) is 28.5 Å². The number of carbonyl (C=O) groups is 2. The van der Waals surface area contributed by atoms with Crippen LogP contribution in [-0.4, -0.2) is 39.0 Å². The number of amides is 1. The van der Waals surface area contributed by atoms with Crippen LogP contribution in [0.25, 0.3) is 5.69 Å². The van der Waals surface area contributed by atoms with Gasteiger partial charge in [-0.3, -0.25) is 9.36 Å². The number of rotatable bonds is 11. The van der Waals surface area contributed by atoms with E-state index in [4.69, 9.17) is 4.74 Å². The first kappa shape index (κ1) is 27.9. The van der Waals surface area contributed by atoms with Crippen molar-refractivity contribution in [2.24, 2.45) is 0 Å². The molecule has 2 aromatic heterocycles. The summed E-state index contributed by atoms with van der Waals surface area (Å²) < 4.78 is 7.04. The van der Waals surface area contributed by atoms with E-state index in [2.05, 4.69) is 26.9 Å². The lowest BCUT2D eigenvalue weighted by molar-refractivity contribution is -0.115. The highest BCUT2D eigenvalue weighted by molar-refractivity contribution is 7.99. The molecule has 0 aliphatic carbocycles. The summed E-state index contributed by atoms with van der Waals surface area (Å²) in [5.74, 6) is 0.426. The second kappa shape index (κ2) is 13.1. The predicted octanol–water partition coefficient (Wildman–Crippen LogP) is 5.73. The number of para-hydroxylation sites is 1. The van der Waals surface area contributed by atoms with Gasteiger partial charge in [-0.25, -0.2) is 4.79 Å². The zero-order chi connectivity index (χ0) is 27.8. The maximum Gasteiger partial charge on any atom is 0.348 e. The summed E-state index contributed by atoms with van der Waals surface area (Å²) in [6.45, 7) is 6.14. The van der Waals surface area contributed by atoms with Gasteiger partial charge in [0.15, 0.2) is 11.0 Å². The van der Waals surface area contributed by atoms with Crippen molar-refractivity contribution in [2.45, 2.75) is 38.9 Å². The van der Waals surface area contributed by atoms with Gasteiger partial charge in [0.25, 0.3) is 0 Å². The fourth-order valence-electron chi connectivity index (χ4n) is 3.75. The van der Waals surface area contributed by atoms with Crippen LogP contribution in [0.3, 0.4) is 0 Å². The summed E-state index contributed by atoms with van der Waals surface area (Å²) in [5.41, 5.74) is 3.88. The Kier molecular flexibility index (Phi) is 9.35. The molecule has 0 unspecified atom stereocenters. The molecule has 0 bridgehead atoms. The average Bonchev–Trinajstić information content (AvgIpc) is 3.48. The second-order valence-electron chi connectivity index (χ2n) is 8.53. The summed E-state index contributed by atoms with van der Waals surface area (Å²) in [5, 5.41) is 25.6. The smallest absolute Gasteiger partial charge is 0.348 e. The number of anilines is 2. The van der Waals surface area contributed by atoms with E-state index >= 15 is 0 Å². The number of nitrogens with zero attached hydrogens (tertiary/aromatic N) is 4. The maximum absolute atomic E-state index is 12.7. The molecule has 4 rings (SSSR count). The largest absolute Gasteiger partial charge is 0.462 e. The molecule has 0 radical (unpaired) electrons. The number of benzene rings is 2. The summed E-state index contributed by atoms with van der Waals surface area (Å²) >= 11 is 2.48. The Morgan fingerprint density at radius 2 is 1.85 bits per heavy atom. The third-order valence-electron chi connectivity index (χ3n) is 5.75. The molecule has 2 heterocycles. The topological polar surface area (TPSA) is 122 Å². The van der Waals surface area contributed by atoms with E-state index in [-0.39, 0.29) is 24.5 Å². The van der Waals surface area contributed by atoms with Crippen molar-refractivity contribution in [1.82, 2.24) is 14.8 Å². The van der Waals surface area contributed by atoms with E-state index in [1.54, 1.807) is 13.8 Å². The SMILES string of the molecule is CCOC(=O)c1sc(NC(=O)CCSc2nnc(CNc3ccc(C)cc3)n2-c2ccccc2)c(C#N)c1C. The Labute approximate surface area is 235 Å². The van der Waals surface area contributed by atoms with Crippen LogP contribution in [0.1, 0.15) is 45.5 Å². The molecular formula is C28H28N6O3S2. The van der Waals surface area contributed by atoms with Crippen LogP contribution in [0, 0.1) is 25.2 Å². The molecule has 0 atom stereocenters. The van der Waals surface area contributed by atoms with Gasteiger partial charge in [0.2, 0.25) is 5.91 Å². The fourth-order valence-corrected chi connectivity index (χ4v) is 5.72. The van der Waals surface area contributed by atoms with E-state index in [9.17, 15) is 14.9 Å². The van der Waals surface area contributed by atoms with Crippen molar-refractivity contribution >= 4 is 45.7 Å². The number of carbonyl (C=O) groups excluding carboxylic acids is 2. The minimum atomic E-state index is -0.500. The van der Waals surface area contributed by atoms with Crippen LogP contribution in [0.15, 0.2) is 59.8 Å². The first-order chi connectivity index (χ1) is 18.9. The first-order valence-corrected chi connectivity index (χ1v) is 14.1. The van der Waals surface area contributed by atoms with E-state index < -0.39 is 5.97 Å². The Morgan fingerprint density at radius 1 is 1.10 bits per heavy atom. The molecule has 0 fully saturated rings. The zero-order valence-corrected chi connectivity index (χ0v) is 23.5. The molecule has 0 saturated carbocycles. The number of aryl methyl sites for hydroxylation is 1. The van der Waals surface area contributed by atoms with Crippen LogP contribution in [0.2, 0.25) is 0 Å². The third kappa shape index (κ3) is 6.85. The number of hydrogen-bond acceptors (Lipinski definition) is 9. The van der Waals surface area contributed by atoms with Gasteiger partial charge >= 0.3 is 5.97 Å². The Hall–Kier alpha value is -4.14. The van der Waals surface area contributed by atoms with E-state index in [1.807, 2.05) is 66.1 Å². The van der Waals surface area contributed by atoms with Gasteiger partial charge in [-0.05, 0) is 50.6 Å². The Balaban J connectivity index is 1.43. The van der Waals surface area contributed by atoms with Crippen molar-refractivity contribution in [3.63, 3.8) is 0 Å². The fraction of sp³-hybridized carbons (Fsp3) is 0.250. The minimum Gasteiger partial charge on any atom is -0.462 e. The molecule has 1 amide bonds. The molecule has 0 saturated heterocycles. The Morgan fingerprint density at radius 3 is 2.54 bits per heavy atom. The lowest BCUT2D eigenvalue weighted by Crippen LogP contribution is -2.12. The summed E-state index contributed by atoms with van der Waals surface area (Å²) in [4.78, 5) is 25.3. The van der Waals surface area contributed by atoms with E-state index in [1.165, 1.54) is 17.3 Å². The molecule has 4 aromatic rings. The molecule has 9 nitrogen and oxygen atoms in total. The van der Waals surface area contributed by atoms with Gasteiger partial charge < -0.3 is 15.4 Å². The summed E-state index contributed by atoms with van der Waals surface area (Å²) in [6, 6.07) is 20.0. The molecule has 2 N–H and O–H groups in total. The lowest BCUT2D eigenvalue weighted by atomic mass is 10.2. The molecule has 0 spiro atoms. The normalized spacial score (nSPS) is 10.6. The van der Waals surface area contributed by atoms with Crippen LogP contribution >= 0.6 is 23.1 Å². The highest BCUT2D eigenvalue weighted by atomic mass is 32.2. The number of hydrogen-bond donors (Lipinski definition) is 2. The van der Waals surface area contributed by atoms with Crippen molar-refractivity contribution in [3.8, 4) is 11.8 Å². The van der Waals surface area contributed by atoms with Gasteiger partial charge in [0, 0.05) is 23.5 Å². The van der Waals surface area contributed by atoms with Crippen LogP contribution < -0.4 is 10.6 Å². The molecular weight excluding hydrogens is 532 g/mol. The monoisotopic (exact) mass is 560 g/mol. The quantitative estimate of drug-likeness (QED) is 0.176. The van der Waals surface area contributed by atoms with Gasteiger partial charge in [0.05, 0.1) is 18.7 Å². The minimum absolute atomic E-state index is 0.180. The summed E-state index contributed by atoms with van der Waals surface area (Å²) in [6.07, 6.45) is 0.180. The number of nitrogens with one attached hydrogen (secondary N) is 2. The standard InChI is InChI=1S/C28H28N6O3S2/c1-4-37-27(36)25-19(3)22(16-29)26(39-25)31-24(35)14-15-38-28-33-32-23(34(28)21-8-6-5-7-9-21)17-30-20-12-10-18(2)11-13-20/h5-13,30H,4,14-15,17H2,1-3H3,(H,31,35). The highest BCUT2D eigenvalue weighted by Crippen LogP contribution is 2.33. The zero-order valence-electron chi connectivity index (χ0n) is 21.9. The van der Waals surface area contributed by atoms with E-state index in [0.29, 0.717) is 32.9 Å². The van der Waals surface area contributed by atoms with Crippen LogP contribution in [0.4, 0.5) is 10.7 Å². The molecule has 2 aromatic carbocycles. The number of thioether (sulfide) groups is 1. The average molecular weight is 561 g/mol.